The van der Waals surface area contributed by atoms with E-state index in [4.69, 9.17) is 10.4 Å². The molecule has 0 spiro atoms. The zero-order valence-electron chi connectivity index (χ0n) is 10.7. The van der Waals surface area contributed by atoms with Crippen molar-refractivity contribution >= 4 is 16.0 Å². The summed E-state index contributed by atoms with van der Waals surface area (Å²) in [7, 11) is -2.67. The Labute approximate surface area is 116 Å². The zero-order valence-corrected chi connectivity index (χ0v) is 11.6. The molecule has 2 N–H and O–H groups in total. The van der Waals surface area contributed by atoms with Gasteiger partial charge in [0.1, 0.15) is 6.04 Å². The monoisotopic (exact) mass is 298 g/mol. The van der Waals surface area contributed by atoms with Gasteiger partial charge in [0.05, 0.1) is 24.0 Å². The molecule has 20 heavy (non-hydrogen) atoms. The van der Waals surface area contributed by atoms with Crippen LogP contribution in [0.4, 0.5) is 0 Å². The van der Waals surface area contributed by atoms with Crippen molar-refractivity contribution < 1.29 is 23.1 Å². The largest absolute Gasteiger partial charge is 0.480 e. The van der Waals surface area contributed by atoms with Crippen LogP contribution in [0.2, 0.25) is 0 Å². The van der Waals surface area contributed by atoms with Crippen LogP contribution in [0.1, 0.15) is 5.56 Å². The molecule has 8 heteroatoms. The summed E-state index contributed by atoms with van der Waals surface area (Å²) in [5.41, 5.74) is 0.679. The van der Waals surface area contributed by atoms with Crippen LogP contribution in [-0.2, 0) is 26.0 Å². The van der Waals surface area contributed by atoms with Crippen LogP contribution in [0.5, 0.6) is 0 Å². The number of methoxy groups -OCH3 is 1. The molecule has 1 atom stereocenters. The first-order valence-corrected chi connectivity index (χ1v) is 7.09. The Kier molecular flexibility index (Phi) is 5.64. The second kappa shape index (κ2) is 7.00. The molecule has 1 aromatic carbocycles. The maximum atomic E-state index is 12.0. The van der Waals surface area contributed by atoms with Crippen molar-refractivity contribution in [3.8, 4) is 6.07 Å². The highest BCUT2D eigenvalue weighted by Crippen LogP contribution is 2.11. The van der Waals surface area contributed by atoms with Gasteiger partial charge in [-0.25, -0.2) is 8.42 Å². The molecule has 0 amide bonds. The maximum Gasteiger partial charge on any atom is 0.324 e. The minimum absolute atomic E-state index is 0.0680. The molecule has 0 aromatic heterocycles. The molecule has 108 valence electrons. The summed E-state index contributed by atoms with van der Waals surface area (Å²) >= 11 is 0. The van der Waals surface area contributed by atoms with Gasteiger partial charge in [-0.15, -0.1) is 0 Å². The van der Waals surface area contributed by atoms with Crippen molar-refractivity contribution in [3.63, 3.8) is 0 Å². The van der Waals surface area contributed by atoms with Crippen molar-refractivity contribution in [2.75, 3.05) is 13.7 Å². The number of hydrogen-bond acceptors (Lipinski definition) is 5. The smallest absolute Gasteiger partial charge is 0.324 e. The van der Waals surface area contributed by atoms with Crippen molar-refractivity contribution in [3.05, 3.63) is 29.8 Å². The summed E-state index contributed by atoms with van der Waals surface area (Å²) < 4.78 is 30.7. The SMILES string of the molecule is COCC(NS(=O)(=O)c1ccc(CC#N)cc1)C(=O)O. The van der Waals surface area contributed by atoms with Crippen LogP contribution in [-0.4, -0.2) is 39.3 Å². The van der Waals surface area contributed by atoms with E-state index < -0.39 is 22.0 Å². The number of carbonyl (C=O) groups is 1. The first-order valence-electron chi connectivity index (χ1n) is 5.60. The molecule has 0 aliphatic carbocycles. The van der Waals surface area contributed by atoms with E-state index in [1.165, 1.54) is 31.4 Å². The fourth-order valence-electron chi connectivity index (χ4n) is 1.46. The standard InChI is InChI=1S/C12H14N2O5S/c1-19-8-11(12(15)16)14-20(17,18)10-4-2-9(3-5-10)6-7-13/h2-5,11,14H,6,8H2,1H3,(H,15,16). The molecule has 1 rings (SSSR count). The number of hydrogen-bond donors (Lipinski definition) is 2. The van der Waals surface area contributed by atoms with Crippen molar-refractivity contribution in [2.24, 2.45) is 0 Å². The molecule has 7 nitrogen and oxygen atoms in total. The van der Waals surface area contributed by atoms with Crippen LogP contribution in [0.3, 0.4) is 0 Å². The topological polar surface area (TPSA) is 116 Å². The van der Waals surface area contributed by atoms with Gasteiger partial charge in [-0.1, -0.05) is 12.1 Å². The highest BCUT2D eigenvalue weighted by Gasteiger charge is 2.25. The van der Waals surface area contributed by atoms with Gasteiger partial charge in [0.15, 0.2) is 0 Å². The average Bonchev–Trinajstić information content (AvgIpc) is 2.39. The molecule has 0 fully saturated rings. The van der Waals surface area contributed by atoms with E-state index in [-0.39, 0.29) is 17.9 Å². The number of nitrogens with one attached hydrogen (secondary N) is 1. The summed E-state index contributed by atoms with van der Waals surface area (Å²) in [6, 6.07) is 6.24. The summed E-state index contributed by atoms with van der Waals surface area (Å²) in [6.45, 7) is -0.277. The van der Waals surface area contributed by atoms with Crippen molar-refractivity contribution in [1.29, 1.82) is 5.26 Å². The Bertz CT molecular complexity index is 604. The van der Waals surface area contributed by atoms with Gasteiger partial charge in [0, 0.05) is 7.11 Å². The Hall–Kier alpha value is -1.95. The lowest BCUT2D eigenvalue weighted by atomic mass is 10.2. The summed E-state index contributed by atoms with van der Waals surface area (Å²) in [6.07, 6.45) is 0.176. The maximum absolute atomic E-state index is 12.0. The number of nitrogens with zero attached hydrogens (tertiary/aromatic N) is 1. The fourth-order valence-corrected chi connectivity index (χ4v) is 2.63. The van der Waals surface area contributed by atoms with Gasteiger partial charge in [-0.05, 0) is 17.7 Å². The lowest BCUT2D eigenvalue weighted by Crippen LogP contribution is -2.43. The Morgan fingerprint density at radius 1 is 1.45 bits per heavy atom. The van der Waals surface area contributed by atoms with Crippen LogP contribution in [0.25, 0.3) is 0 Å². The third kappa shape index (κ3) is 4.31. The predicted octanol–water partition coefficient (Wildman–Crippen LogP) is 0.131. The highest BCUT2D eigenvalue weighted by molar-refractivity contribution is 7.89. The second-order valence-corrected chi connectivity index (χ2v) is 5.66. The zero-order chi connectivity index (χ0) is 15.2. The Balaban J connectivity index is 2.92. The van der Waals surface area contributed by atoms with E-state index in [1.54, 1.807) is 0 Å². The first-order chi connectivity index (χ1) is 9.40. The molecule has 0 bridgehead atoms. The quantitative estimate of drug-likeness (QED) is 0.739. The summed E-state index contributed by atoms with van der Waals surface area (Å²) in [4.78, 5) is 10.8. The van der Waals surface area contributed by atoms with Crippen LogP contribution < -0.4 is 4.72 Å². The Morgan fingerprint density at radius 2 is 2.05 bits per heavy atom. The molecule has 0 heterocycles. The number of nitriles is 1. The molecular weight excluding hydrogens is 284 g/mol. The number of carboxylic acids is 1. The molecule has 0 aliphatic rings. The lowest BCUT2D eigenvalue weighted by Gasteiger charge is -2.13. The number of sulfonamides is 1. The van der Waals surface area contributed by atoms with Gasteiger partial charge in [0.25, 0.3) is 0 Å². The van der Waals surface area contributed by atoms with Gasteiger partial charge >= 0.3 is 5.97 Å². The van der Waals surface area contributed by atoms with Crippen LogP contribution >= 0.6 is 0 Å². The molecule has 0 saturated carbocycles. The van der Waals surface area contributed by atoms with Gasteiger partial charge in [-0.3, -0.25) is 4.79 Å². The molecule has 1 aromatic rings. The van der Waals surface area contributed by atoms with Crippen molar-refractivity contribution in [2.45, 2.75) is 17.4 Å². The summed E-state index contributed by atoms with van der Waals surface area (Å²) in [5.74, 6) is -1.32. The summed E-state index contributed by atoms with van der Waals surface area (Å²) in [5, 5.41) is 17.4. The minimum atomic E-state index is -3.95. The third-order valence-electron chi connectivity index (χ3n) is 2.45. The van der Waals surface area contributed by atoms with E-state index in [0.717, 1.165) is 0 Å². The van der Waals surface area contributed by atoms with Crippen molar-refractivity contribution in [1.82, 2.24) is 4.72 Å². The third-order valence-corrected chi connectivity index (χ3v) is 3.93. The molecular formula is C12H14N2O5S. The van der Waals surface area contributed by atoms with E-state index in [2.05, 4.69) is 4.74 Å². The van der Waals surface area contributed by atoms with E-state index in [0.29, 0.717) is 5.56 Å². The molecule has 1 unspecified atom stereocenters. The van der Waals surface area contributed by atoms with E-state index >= 15 is 0 Å². The first kappa shape index (κ1) is 16.1. The van der Waals surface area contributed by atoms with E-state index in [9.17, 15) is 13.2 Å². The number of aliphatic carboxylic acids is 1. The normalized spacial score (nSPS) is 12.6. The average molecular weight is 298 g/mol. The lowest BCUT2D eigenvalue weighted by molar-refractivity contribution is -0.140. The highest BCUT2D eigenvalue weighted by atomic mass is 32.2. The van der Waals surface area contributed by atoms with Gasteiger partial charge < -0.3 is 9.84 Å². The molecule has 0 radical (unpaired) electrons. The van der Waals surface area contributed by atoms with Crippen LogP contribution in [0.15, 0.2) is 29.2 Å². The van der Waals surface area contributed by atoms with Gasteiger partial charge in [-0.2, -0.15) is 9.98 Å². The van der Waals surface area contributed by atoms with E-state index in [1.807, 2.05) is 10.8 Å². The number of benzene rings is 1. The second-order valence-electron chi connectivity index (χ2n) is 3.95. The van der Waals surface area contributed by atoms with Gasteiger partial charge in [0.2, 0.25) is 10.0 Å². The Morgan fingerprint density at radius 3 is 2.50 bits per heavy atom. The predicted molar refractivity (Wildman–Crippen MR) is 69.4 cm³/mol. The number of rotatable bonds is 7. The van der Waals surface area contributed by atoms with Crippen LogP contribution in [0, 0.1) is 11.3 Å². The number of ether oxygens (including phenoxy) is 1. The fraction of sp³-hybridized carbons (Fsp3) is 0.333. The number of carboxylic acid groups (broad SMARTS) is 1. The molecule has 0 saturated heterocycles. The minimum Gasteiger partial charge on any atom is -0.480 e. The molecule has 0 aliphatic heterocycles.